The molecule has 1 aromatic carbocycles. The summed E-state index contributed by atoms with van der Waals surface area (Å²) in [4.78, 5) is 3.16. The van der Waals surface area contributed by atoms with Crippen LogP contribution in [-0.2, 0) is 0 Å². The predicted octanol–water partition coefficient (Wildman–Crippen LogP) is 4.13. The SMILES string of the molecule is [C-]#[N+]/C(C#N)=C(/CC#N)CNc1ccc(OCC(C)CC)cc1. The Bertz CT molecular complexity index is 640. The summed E-state index contributed by atoms with van der Waals surface area (Å²) < 4.78 is 5.69. The second kappa shape index (κ2) is 9.87. The first-order valence-corrected chi connectivity index (χ1v) is 7.47. The van der Waals surface area contributed by atoms with E-state index in [-0.39, 0.29) is 12.1 Å². The fourth-order valence-corrected chi connectivity index (χ4v) is 1.74. The molecule has 0 saturated carbocycles. The van der Waals surface area contributed by atoms with Crippen LogP contribution in [0, 0.1) is 35.2 Å². The van der Waals surface area contributed by atoms with E-state index in [1.54, 1.807) is 0 Å². The number of rotatable bonds is 8. The van der Waals surface area contributed by atoms with Crippen molar-refractivity contribution in [1.82, 2.24) is 0 Å². The maximum atomic E-state index is 8.91. The van der Waals surface area contributed by atoms with Crippen molar-refractivity contribution in [3.63, 3.8) is 0 Å². The highest BCUT2D eigenvalue weighted by molar-refractivity contribution is 5.48. The van der Waals surface area contributed by atoms with Gasteiger partial charge in [-0.2, -0.15) is 5.26 Å². The molecule has 0 fully saturated rings. The van der Waals surface area contributed by atoms with Crippen molar-refractivity contribution in [2.45, 2.75) is 26.7 Å². The molecule has 1 N–H and O–H groups in total. The van der Waals surface area contributed by atoms with E-state index in [2.05, 4.69) is 24.0 Å². The quantitative estimate of drug-likeness (QED) is 0.579. The second-order valence-electron chi connectivity index (χ2n) is 5.21. The van der Waals surface area contributed by atoms with Gasteiger partial charge in [0.2, 0.25) is 0 Å². The summed E-state index contributed by atoms with van der Waals surface area (Å²) in [5, 5.41) is 20.8. The minimum Gasteiger partial charge on any atom is -0.493 e. The van der Waals surface area contributed by atoms with Crippen LogP contribution in [0.1, 0.15) is 26.7 Å². The standard InChI is InChI=1S/C18H20N4O/c1-4-14(2)13-23-17-7-5-16(6-8-17)22-12-15(9-10-19)18(11-20)21-3/h5-8,14,22H,4,9,12-13H2,1-2H3/b18-15-. The number of nitrogens with one attached hydrogen (secondary N) is 1. The Morgan fingerprint density at radius 1 is 1.35 bits per heavy atom. The Hall–Kier alpha value is -2.97. The van der Waals surface area contributed by atoms with Crippen LogP contribution in [0.2, 0.25) is 0 Å². The molecule has 5 heteroatoms. The number of nitriles is 2. The highest BCUT2D eigenvalue weighted by atomic mass is 16.5. The second-order valence-corrected chi connectivity index (χ2v) is 5.21. The Morgan fingerprint density at radius 3 is 2.57 bits per heavy atom. The fraction of sp³-hybridized carbons (Fsp3) is 0.389. The van der Waals surface area contributed by atoms with Gasteiger partial charge in [-0.25, -0.2) is 10.1 Å². The summed E-state index contributed by atoms with van der Waals surface area (Å²) >= 11 is 0. The Kier molecular flexibility index (Phi) is 7.76. The monoisotopic (exact) mass is 308 g/mol. The molecule has 0 aromatic heterocycles. The van der Waals surface area contributed by atoms with Gasteiger partial charge in [0, 0.05) is 18.7 Å². The summed E-state index contributed by atoms with van der Waals surface area (Å²) in [5.41, 5.74) is 1.33. The molecule has 0 saturated heterocycles. The molecule has 0 bridgehead atoms. The molecule has 1 rings (SSSR count). The van der Waals surface area contributed by atoms with E-state index in [9.17, 15) is 0 Å². The molecule has 23 heavy (non-hydrogen) atoms. The van der Waals surface area contributed by atoms with Crippen LogP contribution in [0.5, 0.6) is 5.75 Å². The highest BCUT2D eigenvalue weighted by Gasteiger charge is 2.06. The van der Waals surface area contributed by atoms with Crippen LogP contribution in [0.3, 0.4) is 0 Å². The Labute approximate surface area is 137 Å². The zero-order valence-electron chi connectivity index (χ0n) is 13.5. The molecule has 118 valence electrons. The van der Waals surface area contributed by atoms with E-state index in [0.29, 0.717) is 24.6 Å². The summed E-state index contributed by atoms with van der Waals surface area (Å²) in [7, 11) is 0. The largest absolute Gasteiger partial charge is 0.493 e. The minimum absolute atomic E-state index is 0.0208. The molecule has 0 aliphatic rings. The van der Waals surface area contributed by atoms with Gasteiger partial charge < -0.3 is 10.1 Å². The van der Waals surface area contributed by atoms with Gasteiger partial charge in [-0.3, -0.25) is 0 Å². The summed E-state index contributed by atoms with van der Waals surface area (Å²) in [6, 6.07) is 11.3. The van der Waals surface area contributed by atoms with Gasteiger partial charge >= 0.3 is 0 Å². The van der Waals surface area contributed by atoms with Gasteiger partial charge in [-0.15, -0.1) is 0 Å². The van der Waals surface area contributed by atoms with Gasteiger partial charge in [-0.1, -0.05) is 20.3 Å². The molecule has 0 spiro atoms. The van der Waals surface area contributed by atoms with Crippen molar-refractivity contribution in [3.05, 3.63) is 47.0 Å². The molecule has 1 atom stereocenters. The van der Waals surface area contributed by atoms with E-state index >= 15 is 0 Å². The lowest BCUT2D eigenvalue weighted by Gasteiger charge is -2.12. The summed E-state index contributed by atoms with van der Waals surface area (Å²) in [5.74, 6) is 1.33. The maximum Gasteiger partial charge on any atom is 0.263 e. The molecule has 1 aromatic rings. The first-order chi connectivity index (χ1) is 11.1. The Morgan fingerprint density at radius 2 is 2.04 bits per heavy atom. The van der Waals surface area contributed by atoms with E-state index in [1.807, 2.05) is 36.4 Å². The predicted molar refractivity (Wildman–Crippen MR) is 89.4 cm³/mol. The molecule has 0 radical (unpaired) electrons. The van der Waals surface area contributed by atoms with E-state index < -0.39 is 0 Å². The lowest BCUT2D eigenvalue weighted by molar-refractivity contribution is 0.256. The molecular formula is C18H20N4O. The van der Waals surface area contributed by atoms with E-state index in [1.165, 1.54) is 0 Å². The van der Waals surface area contributed by atoms with Crippen LogP contribution >= 0.6 is 0 Å². The third-order valence-electron chi connectivity index (χ3n) is 3.44. The molecule has 0 amide bonds. The lowest BCUT2D eigenvalue weighted by Crippen LogP contribution is -2.08. The number of allylic oxidation sites excluding steroid dienone is 1. The van der Waals surface area contributed by atoms with Crippen LogP contribution in [0.4, 0.5) is 5.69 Å². The van der Waals surface area contributed by atoms with Gasteiger partial charge in [0.15, 0.2) is 0 Å². The fourth-order valence-electron chi connectivity index (χ4n) is 1.74. The summed E-state index contributed by atoms with van der Waals surface area (Å²) in [6.45, 7) is 12.2. The van der Waals surface area contributed by atoms with Crippen LogP contribution in [0.25, 0.3) is 4.85 Å². The number of hydrogen-bond acceptors (Lipinski definition) is 4. The van der Waals surface area contributed by atoms with Crippen molar-refractivity contribution in [2.75, 3.05) is 18.5 Å². The van der Waals surface area contributed by atoms with Crippen LogP contribution < -0.4 is 10.1 Å². The number of anilines is 1. The zero-order chi connectivity index (χ0) is 17.1. The topological polar surface area (TPSA) is 73.2 Å². The first-order valence-electron chi connectivity index (χ1n) is 7.47. The number of benzene rings is 1. The Balaban J connectivity index is 2.65. The molecule has 0 heterocycles. The molecule has 5 nitrogen and oxygen atoms in total. The zero-order valence-corrected chi connectivity index (χ0v) is 13.5. The van der Waals surface area contributed by atoms with Crippen molar-refractivity contribution in [1.29, 1.82) is 10.5 Å². The number of ether oxygens (including phenoxy) is 1. The first kappa shape index (κ1) is 18.1. The van der Waals surface area contributed by atoms with Crippen molar-refractivity contribution in [3.8, 4) is 17.9 Å². The molecule has 0 aliphatic carbocycles. The third-order valence-corrected chi connectivity index (χ3v) is 3.44. The molecule has 0 aliphatic heterocycles. The third kappa shape index (κ3) is 6.12. The smallest absolute Gasteiger partial charge is 0.263 e. The van der Waals surface area contributed by atoms with E-state index in [4.69, 9.17) is 21.8 Å². The van der Waals surface area contributed by atoms with Gasteiger partial charge in [-0.05, 0) is 35.8 Å². The molecule has 1 unspecified atom stereocenters. The van der Waals surface area contributed by atoms with Crippen molar-refractivity contribution in [2.24, 2.45) is 5.92 Å². The van der Waals surface area contributed by atoms with Gasteiger partial charge in [0.1, 0.15) is 5.75 Å². The van der Waals surface area contributed by atoms with Crippen LogP contribution in [-0.4, -0.2) is 13.2 Å². The normalized spacial score (nSPS) is 12.1. The molecular weight excluding hydrogens is 288 g/mol. The average molecular weight is 308 g/mol. The summed E-state index contributed by atoms with van der Waals surface area (Å²) in [6.07, 6.45) is 1.14. The van der Waals surface area contributed by atoms with E-state index in [0.717, 1.165) is 17.9 Å². The average Bonchev–Trinajstić information content (AvgIpc) is 2.59. The maximum absolute atomic E-state index is 8.91. The van der Waals surface area contributed by atoms with Gasteiger partial charge in [0.05, 0.1) is 25.3 Å². The highest BCUT2D eigenvalue weighted by Crippen LogP contribution is 2.18. The minimum atomic E-state index is -0.0208. The number of nitrogens with zero attached hydrogens (tertiary/aromatic N) is 3. The number of hydrogen-bond donors (Lipinski definition) is 1. The van der Waals surface area contributed by atoms with Crippen LogP contribution in [0.15, 0.2) is 35.5 Å². The lowest BCUT2D eigenvalue weighted by atomic mass is 10.1. The van der Waals surface area contributed by atoms with Crippen molar-refractivity contribution >= 4 is 5.69 Å². The van der Waals surface area contributed by atoms with Gasteiger partial charge in [0.25, 0.3) is 5.70 Å². The van der Waals surface area contributed by atoms with Crippen molar-refractivity contribution < 1.29 is 4.74 Å².